The molecule has 0 bridgehead atoms. The Kier molecular flexibility index (Phi) is 7.02. The molecule has 27 heavy (non-hydrogen) atoms. The minimum atomic E-state index is -0.0544. The first kappa shape index (κ1) is 19.1. The minimum absolute atomic E-state index is 0.0152. The van der Waals surface area contributed by atoms with E-state index in [-0.39, 0.29) is 12.1 Å². The molecule has 0 spiro atoms. The molecular formula is C21H28N4O2. The van der Waals surface area contributed by atoms with Gasteiger partial charge in [-0.25, -0.2) is 14.8 Å². The molecule has 1 unspecified atom stereocenters. The highest BCUT2D eigenvalue weighted by atomic mass is 16.5. The van der Waals surface area contributed by atoms with Crippen LogP contribution in [-0.4, -0.2) is 46.6 Å². The van der Waals surface area contributed by atoms with Crippen molar-refractivity contribution in [1.82, 2.24) is 20.2 Å². The molecule has 2 amide bonds. The van der Waals surface area contributed by atoms with Crippen LogP contribution in [0, 0.1) is 0 Å². The van der Waals surface area contributed by atoms with Crippen molar-refractivity contribution in [1.29, 1.82) is 0 Å². The van der Waals surface area contributed by atoms with E-state index in [1.165, 1.54) is 5.56 Å². The Labute approximate surface area is 161 Å². The number of piperidine rings is 1. The normalized spacial score (nSPS) is 16.8. The third-order valence-corrected chi connectivity index (χ3v) is 4.79. The van der Waals surface area contributed by atoms with Crippen molar-refractivity contribution >= 4 is 6.03 Å². The maximum atomic E-state index is 12.4. The summed E-state index contributed by atoms with van der Waals surface area (Å²) < 4.78 is 5.87. The summed E-state index contributed by atoms with van der Waals surface area (Å²) in [5.74, 6) is 0. The van der Waals surface area contributed by atoms with Crippen LogP contribution in [0.1, 0.15) is 37.3 Å². The highest BCUT2D eigenvalue weighted by molar-refractivity contribution is 5.74. The maximum Gasteiger partial charge on any atom is 0.317 e. The highest BCUT2D eigenvalue weighted by Crippen LogP contribution is 2.15. The number of nitrogens with one attached hydrogen (secondary N) is 1. The molecule has 0 aliphatic carbocycles. The van der Waals surface area contributed by atoms with Gasteiger partial charge in [0.2, 0.25) is 0 Å². The summed E-state index contributed by atoms with van der Waals surface area (Å²) in [4.78, 5) is 22.8. The third kappa shape index (κ3) is 5.94. The minimum Gasteiger partial charge on any atom is -0.458 e. The molecule has 2 heterocycles. The molecular weight excluding hydrogens is 340 g/mol. The number of urea groups is 1. The predicted molar refractivity (Wildman–Crippen MR) is 105 cm³/mol. The molecule has 144 valence electrons. The first-order valence-electron chi connectivity index (χ1n) is 9.79. The zero-order valence-corrected chi connectivity index (χ0v) is 15.9. The topological polar surface area (TPSA) is 67.3 Å². The summed E-state index contributed by atoms with van der Waals surface area (Å²) in [6.45, 7) is 4.08. The standard InChI is InChI=1S/C21H28N4O2/c1-2-17-14-23-20(24-15-17)27-19-11-7-13-25(16-19)21(26)22-12-6-10-18-8-4-3-5-9-18/h3-5,8-9,14-15,19H,2,6-7,10-13,16H2,1H3,(H,22,26). The first-order valence-corrected chi connectivity index (χ1v) is 9.79. The average Bonchev–Trinajstić information content (AvgIpc) is 2.72. The summed E-state index contributed by atoms with van der Waals surface area (Å²) >= 11 is 0. The van der Waals surface area contributed by atoms with E-state index in [2.05, 4.69) is 34.3 Å². The molecule has 0 radical (unpaired) electrons. The molecule has 1 aliphatic heterocycles. The summed E-state index contributed by atoms with van der Waals surface area (Å²) in [6.07, 6.45) is 8.18. The van der Waals surface area contributed by atoms with Gasteiger partial charge in [-0.1, -0.05) is 37.3 Å². The van der Waals surface area contributed by atoms with Crippen molar-refractivity contribution in [2.75, 3.05) is 19.6 Å². The average molecular weight is 368 g/mol. The number of rotatable bonds is 7. The number of hydrogen-bond donors (Lipinski definition) is 1. The Balaban J connectivity index is 1.40. The van der Waals surface area contributed by atoms with E-state index in [0.717, 1.165) is 44.2 Å². The van der Waals surface area contributed by atoms with Crippen LogP contribution in [0.25, 0.3) is 0 Å². The van der Waals surface area contributed by atoms with Gasteiger partial charge >= 0.3 is 12.0 Å². The number of nitrogens with zero attached hydrogens (tertiary/aromatic N) is 3. The molecule has 2 aromatic rings. The van der Waals surface area contributed by atoms with Gasteiger partial charge in [0.05, 0.1) is 6.54 Å². The molecule has 1 saturated heterocycles. The highest BCUT2D eigenvalue weighted by Gasteiger charge is 2.25. The van der Waals surface area contributed by atoms with Gasteiger partial charge in [-0.05, 0) is 43.2 Å². The smallest absolute Gasteiger partial charge is 0.317 e. The zero-order chi connectivity index (χ0) is 18.9. The van der Waals surface area contributed by atoms with Gasteiger partial charge in [0, 0.05) is 25.5 Å². The quantitative estimate of drug-likeness (QED) is 0.762. The fourth-order valence-electron chi connectivity index (χ4n) is 3.20. The van der Waals surface area contributed by atoms with Gasteiger partial charge in [0.15, 0.2) is 0 Å². The Morgan fingerprint density at radius 2 is 2.00 bits per heavy atom. The number of amides is 2. The maximum absolute atomic E-state index is 12.4. The lowest BCUT2D eigenvalue weighted by atomic mass is 10.1. The number of carbonyl (C=O) groups excluding carboxylic acids is 1. The molecule has 1 atom stereocenters. The molecule has 6 nitrogen and oxygen atoms in total. The Morgan fingerprint density at radius 1 is 1.22 bits per heavy atom. The van der Waals surface area contributed by atoms with Crippen molar-refractivity contribution in [2.24, 2.45) is 0 Å². The summed E-state index contributed by atoms with van der Waals surface area (Å²) in [7, 11) is 0. The number of aromatic nitrogens is 2. The molecule has 1 fully saturated rings. The fraction of sp³-hybridized carbons (Fsp3) is 0.476. The second kappa shape index (κ2) is 9.90. The number of ether oxygens (including phenoxy) is 1. The van der Waals surface area contributed by atoms with E-state index in [1.54, 1.807) is 12.4 Å². The Hall–Kier alpha value is -2.63. The van der Waals surface area contributed by atoms with Crippen molar-refractivity contribution in [3.8, 4) is 6.01 Å². The number of aryl methyl sites for hydroxylation is 2. The SMILES string of the molecule is CCc1cnc(OC2CCCN(C(=O)NCCCc3ccccc3)C2)nc1. The fourth-order valence-corrected chi connectivity index (χ4v) is 3.20. The van der Waals surface area contributed by atoms with Crippen LogP contribution in [0.5, 0.6) is 6.01 Å². The van der Waals surface area contributed by atoms with Crippen molar-refractivity contribution in [2.45, 2.75) is 45.1 Å². The van der Waals surface area contributed by atoms with Crippen LogP contribution in [-0.2, 0) is 12.8 Å². The van der Waals surface area contributed by atoms with Crippen LogP contribution in [0.3, 0.4) is 0 Å². The summed E-state index contributed by atoms with van der Waals surface area (Å²) in [6, 6.07) is 10.7. The van der Waals surface area contributed by atoms with E-state index < -0.39 is 0 Å². The number of carbonyl (C=O) groups is 1. The number of benzene rings is 1. The molecule has 1 aliphatic rings. The summed E-state index contributed by atoms with van der Waals surface area (Å²) in [5.41, 5.74) is 2.38. The molecule has 6 heteroatoms. The largest absolute Gasteiger partial charge is 0.458 e. The Morgan fingerprint density at radius 3 is 2.74 bits per heavy atom. The molecule has 1 aromatic carbocycles. The monoisotopic (exact) mass is 368 g/mol. The van der Waals surface area contributed by atoms with Gasteiger partial charge in [0.25, 0.3) is 0 Å². The van der Waals surface area contributed by atoms with E-state index in [4.69, 9.17) is 4.74 Å². The van der Waals surface area contributed by atoms with Crippen LogP contribution in [0.15, 0.2) is 42.7 Å². The third-order valence-electron chi connectivity index (χ3n) is 4.79. The van der Waals surface area contributed by atoms with E-state index in [1.807, 2.05) is 23.1 Å². The van der Waals surface area contributed by atoms with Crippen molar-refractivity contribution < 1.29 is 9.53 Å². The second-order valence-corrected chi connectivity index (χ2v) is 6.88. The van der Waals surface area contributed by atoms with Crippen LogP contribution >= 0.6 is 0 Å². The van der Waals surface area contributed by atoms with E-state index in [9.17, 15) is 4.79 Å². The lowest BCUT2D eigenvalue weighted by Gasteiger charge is -2.32. The lowest BCUT2D eigenvalue weighted by molar-refractivity contribution is 0.0939. The zero-order valence-electron chi connectivity index (χ0n) is 15.9. The van der Waals surface area contributed by atoms with Gasteiger partial charge < -0.3 is 15.0 Å². The van der Waals surface area contributed by atoms with E-state index >= 15 is 0 Å². The lowest BCUT2D eigenvalue weighted by Crippen LogP contribution is -2.48. The van der Waals surface area contributed by atoms with Gasteiger partial charge in [-0.15, -0.1) is 0 Å². The van der Waals surface area contributed by atoms with Crippen molar-refractivity contribution in [3.63, 3.8) is 0 Å². The van der Waals surface area contributed by atoms with Crippen LogP contribution in [0.4, 0.5) is 4.79 Å². The molecule has 0 saturated carbocycles. The van der Waals surface area contributed by atoms with Crippen LogP contribution in [0.2, 0.25) is 0 Å². The number of likely N-dealkylation sites (tertiary alicyclic amines) is 1. The predicted octanol–water partition coefficient (Wildman–Crippen LogP) is 3.22. The summed E-state index contributed by atoms with van der Waals surface area (Å²) in [5, 5.41) is 3.02. The number of hydrogen-bond acceptors (Lipinski definition) is 4. The van der Waals surface area contributed by atoms with Crippen molar-refractivity contribution in [3.05, 3.63) is 53.9 Å². The van der Waals surface area contributed by atoms with Gasteiger partial charge in [0.1, 0.15) is 6.10 Å². The van der Waals surface area contributed by atoms with Gasteiger partial charge in [-0.3, -0.25) is 0 Å². The van der Waals surface area contributed by atoms with Crippen LogP contribution < -0.4 is 10.1 Å². The van der Waals surface area contributed by atoms with Gasteiger partial charge in [-0.2, -0.15) is 0 Å². The molecule has 1 aromatic heterocycles. The van der Waals surface area contributed by atoms with E-state index in [0.29, 0.717) is 19.1 Å². The Bertz CT molecular complexity index is 706. The molecule has 3 rings (SSSR count). The second-order valence-electron chi connectivity index (χ2n) is 6.88. The molecule has 1 N–H and O–H groups in total. The first-order chi connectivity index (χ1) is 13.2.